The van der Waals surface area contributed by atoms with E-state index in [0.717, 1.165) is 19.3 Å². The van der Waals surface area contributed by atoms with Gasteiger partial charge in [0.05, 0.1) is 28.7 Å². The van der Waals surface area contributed by atoms with Gasteiger partial charge >= 0.3 is 6.09 Å². The van der Waals surface area contributed by atoms with Crippen molar-refractivity contribution in [2.45, 2.75) is 68.3 Å². The summed E-state index contributed by atoms with van der Waals surface area (Å²) in [5.74, 6) is -3.63. The van der Waals surface area contributed by atoms with E-state index in [9.17, 15) is 27.6 Å². The average molecular weight is 598 g/mol. The van der Waals surface area contributed by atoms with E-state index < -0.39 is 56.7 Å². The number of benzene rings is 1. The Labute approximate surface area is 244 Å². The van der Waals surface area contributed by atoms with Crippen LogP contribution in [0.5, 0.6) is 0 Å². The predicted molar refractivity (Wildman–Crippen MR) is 151 cm³/mol. The lowest BCUT2D eigenvalue weighted by molar-refractivity contribution is -0.140. The Morgan fingerprint density at radius 1 is 1.17 bits per heavy atom. The van der Waals surface area contributed by atoms with Gasteiger partial charge in [0, 0.05) is 25.2 Å². The molecule has 3 saturated carbocycles. The van der Waals surface area contributed by atoms with Crippen LogP contribution in [0.3, 0.4) is 0 Å². The molecular formula is C29H35N5O7S. The first kappa shape index (κ1) is 29.6. The van der Waals surface area contributed by atoms with Gasteiger partial charge < -0.3 is 15.0 Å². The maximum Gasteiger partial charge on any atom is 0.411 e. The maximum absolute atomic E-state index is 13.7. The lowest BCUT2D eigenvalue weighted by Gasteiger charge is -2.26. The molecular weight excluding hydrogens is 562 g/mol. The van der Waals surface area contributed by atoms with Crippen LogP contribution in [-0.4, -0.2) is 67.6 Å². The number of nitrogens with one attached hydrogen (secondary N) is 3. The van der Waals surface area contributed by atoms with Crippen LogP contribution in [0.25, 0.3) is 0 Å². The molecule has 1 aromatic carbocycles. The fourth-order valence-corrected chi connectivity index (χ4v) is 7.22. The zero-order valence-corrected chi connectivity index (χ0v) is 24.2. The first-order valence-electron chi connectivity index (χ1n) is 14.3. The van der Waals surface area contributed by atoms with E-state index in [4.69, 9.17) is 10.00 Å². The zero-order valence-electron chi connectivity index (χ0n) is 23.4. The van der Waals surface area contributed by atoms with Gasteiger partial charge in [0.2, 0.25) is 21.8 Å². The van der Waals surface area contributed by atoms with Gasteiger partial charge in [-0.3, -0.25) is 24.4 Å². The summed E-state index contributed by atoms with van der Waals surface area (Å²) in [6.45, 7) is 0.507. The standard InChI is InChI=1S/C29H35N5O7S/c1-34-12-5-3-2-4-8-19-16-29(19,27(37)33-42(39,40)22-10-11-22)32-25(35)23-14-21(15-24(23)26(34)36)41-28(38)31-20-9-6-7-18(13-20)17-30/h4,6-9,13,19,21-24H,2-3,5,10-12,14-16H2,1H3,(H,31,38)(H,32,35)(H,33,37)/b8-4-/t19-,21-,23-,24-,29-/m1/s1. The monoisotopic (exact) mass is 597 g/mol. The Kier molecular flexibility index (Phi) is 8.28. The zero-order chi connectivity index (χ0) is 30.1. The second-order valence-corrected chi connectivity index (χ2v) is 13.6. The number of sulfonamides is 1. The van der Waals surface area contributed by atoms with Crippen LogP contribution in [0.2, 0.25) is 0 Å². The molecule has 12 nitrogen and oxygen atoms in total. The van der Waals surface area contributed by atoms with Gasteiger partial charge in [-0.05, 0) is 69.6 Å². The molecule has 13 heteroatoms. The molecule has 1 aliphatic heterocycles. The van der Waals surface area contributed by atoms with Gasteiger partial charge in [0.25, 0.3) is 5.91 Å². The Hall–Kier alpha value is -3.92. The summed E-state index contributed by atoms with van der Waals surface area (Å²) in [5.41, 5.74) is -0.702. The van der Waals surface area contributed by atoms with Crippen molar-refractivity contribution < 1.29 is 32.3 Å². The number of allylic oxidation sites excluding steroid dienone is 1. The molecule has 4 aliphatic rings. The van der Waals surface area contributed by atoms with Crippen LogP contribution in [0.15, 0.2) is 36.4 Å². The smallest absolute Gasteiger partial charge is 0.411 e. The van der Waals surface area contributed by atoms with Crippen molar-refractivity contribution in [1.82, 2.24) is 14.9 Å². The van der Waals surface area contributed by atoms with Crippen molar-refractivity contribution in [3.63, 3.8) is 0 Å². The lowest BCUT2D eigenvalue weighted by Crippen LogP contribution is -2.54. The van der Waals surface area contributed by atoms with Crippen molar-refractivity contribution in [2.75, 3.05) is 18.9 Å². The third-order valence-corrected chi connectivity index (χ3v) is 10.3. The van der Waals surface area contributed by atoms with Gasteiger partial charge in [-0.25, -0.2) is 13.2 Å². The summed E-state index contributed by atoms with van der Waals surface area (Å²) in [5, 5.41) is 13.9. The van der Waals surface area contributed by atoms with Crippen LogP contribution in [0, 0.1) is 29.1 Å². The van der Waals surface area contributed by atoms with Crippen LogP contribution in [0.4, 0.5) is 10.5 Å². The van der Waals surface area contributed by atoms with E-state index in [1.165, 1.54) is 6.07 Å². The van der Waals surface area contributed by atoms with Gasteiger partial charge in [-0.15, -0.1) is 0 Å². The quantitative estimate of drug-likeness (QED) is 0.433. The molecule has 0 aromatic heterocycles. The fourth-order valence-electron chi connectivity index (χ4n) is 5.86. The minimum absolute atomic E-state index is 0.0559. The maximum atomic E-state index is 13.7. The number of nitriles is 1. The van der Waals surface area contributed by atoms with E-state index in [-0.39, 0.29) is 31.1 Å². The summed E-state index contributed by atoms with van der Waals surface area (Å²) in [6.07, 6.45) is 5.93. The highest BCUT2D eigenvalue weighted by molar-refractivity contribution is 7.91. The van der Waals surface area contributed by atoms with E-state index in [0.29, 0.717) is 30.6 Å². The van der Waals surface area contributed by atoms with Gasteiger partial charge in [0.15, 0.2) is 0 Å². The molecule has 0 radical (unpaired) electrons. The molecule has 5 atom stereocenters. The third-order valence-electron chi connectivity index (χ3n) is 8.51. The average Bonchev–Trinajstić information content (AvgIpc) is 3.87. The Morgan fingerprint density at radius 3 is 2.67 bits per heavy atom. The minimum atomic E-state index is -3.83. The molecule has 1 aromatic rings. The summed E-state index contributed by atoms with van der Waals surface area (Å²) >= 11 is 0. The largest absolute Gasteiger partial charge is 0.446 e. The van der Waals surface area contributed by atoms with E-state index in [1.54, 1.807) is 30.1 Å². The molecule has 3 fully saturated rings. The summed E-state index contributed by atoms with van der Waals surface area (Å²) in [7, 11) is -2.15. The topological polar surface area (TPSA) is 175 Å². The second-order valence-electron chi connectivity index (χ2n) is 11.7. The van der Waals surface area contributed by atoms with Gasteiger partial charge in [-0.1, -0.05) is 18.2 Å². The first-order valence-corrected chi connectivity index (χ1v) is 15.8. The number of fused-ring (bicyclic) bond motifs is 2. The number of hydrogen-bond acceptors (Lipinski definition) is 8. The van der Waals surface area contributed by atoms with Crippen molar-refractivity contribution in [2.24, 2.45) is 17.8 Å². The molecule has 5 rings (SSSR count). The van der Waals surface area contributed by atoms with Crippen molar-refractivity contribution in [3.05, 3.63) is 42.0 Å². The van der Waals surface area contributed by atoms with E-state index in [2.05, 4.69) is 15.4 Å². The number of rotatable bonds is 5. The minimum Gasteiger partial charge on any atom is -0.446 e. The fraction of sp³-hybridized carbons (Fsp3) is 0.552. The summed E-state index contributed by atoms with van der Waals surface area (Å²) in [6, 6.07) is 8.31. The van der Waals surface area contributed by atoms with Gasteiger partial charge in [0.1, 0.15) is 11.6 Å². The SMILES string of the molecule is CN1CCCC/C=C\[C@@H]2C[C@@]2(C(=O)NS(=O)(=O)C2CC2)NC(=O)[C@@H]2C[C@@H](OC(=O)Nc3cccc(C#N)c3)C[C@H]2C1=O. The Bertz CT molecular complexity index is 1450. The van der Waals surface area contributed by atoms with Crippen molar-refractivity contribution in [3.8, 4) is 6.07 Å². The van der Waals surface area contributed by atoms with Crippen LogP contribution >= 0.6 is 0 Å². The summed E-state index contributed by atoms with van der Waals surface area (Å²) in [4.78, 5) is 54.8. The molecule has 3 N–H and O–H groups in total. The number of hydrogen-bond donors (Lipinski definition) is 3. The molecule has 0 spiro atoms. The third kappa shape index (κ3) is 6.43. The molecule has 4 amide bonds. The van der Waals surface area contributed by atoms with Crippen LogP contribution in [0.1, 0.15) is 56.9 Å². The number of carbonyl (C=O) groups is 4. The number of ether oxygens (including phenoxy) is 1. The number of anilines is 1. The number of amides is 4. The second kappa shape index (κ2) is 11.8. The normalized spacial score (nSPS) is 30.4. The van der Waals surface area contributed by atoms with Crippen molar-refractivity contribution in [1.29, 1.82) is 5.26 Å². The summed E-state index contributed by atoms with van der Waals surface area (Å²) < 4.78 is 32.9. The first-order chi connectivity index (χ1) is 20.0. The molecule has 3 aliphatic carbocycles. The predicted octanol–water partition coefficient (Wildman–Crippen LogP) is 2.18. The molecule has 224 valence electrons. The molecule has 0 saturated heterocycles. The highest BCUT2D eigenvalue weighted by Crippen LogP contribution is 2.47. The Balaban J connectivity index is 1.34. The highest BCUT2D eigenvalue weighted by atomic mass is 32.2. The molecule has 0 bridgehead atoms. The van der Waals surface area contributed by atoms with Crippen LogP contribution in [-0.2, 0) is 29.1 Å². The lowest BCUT2D eigenvalue weighted by atomic mass is 9.93. The number of carbonyl (C=O) groups excluding carboxylic acids is 4. The van der Waals surface area contributed by atoms with Crippen LogP contribution < -0.4 is 15.4 Å². The molecule has 0 unspecified atom stereocenters. The Morgan fingerprint density at radius 2 is 1.93 bits per heavy atom. The van der Waals surface area contributed by atoms with Crippen molar-refractivity contribution >= 4 is 39.5 Å². The number of nitrogens with zero attached hydrogens (tertiary/aromatic N) is 2. The molecule has 1 heterocycles. The molecule has 42 heavy (non-hydrogen) atoms. The van der Waals surface area contributed by atoms with E-state index in [1.807, 2.05) is 18.2 Å². The van der Waals surface area contributed by atoms with Gasteiger partial charge in [-0.2, -0.15) is 5.26 Å². The van der Waals surface area contributed by atoms with E-state index >= 15 is 0 Å². The highest BCUT2D eigenvalue weighted by Gasteiger charge is 2.62.